The number of carbonyl (C=O) groups excluding carboxylic acids is 1. The van der Waals surface area contributed by atoms with E-state index < -0.39 is 27.6 Å². The van der Waals surface area contributed by atoms with Gasteiger partial charge in [0.15, 0.2) is 14.9 Å². The van der Waals surface area contributed by atoms with Crippen molar-refractivity contribution < 1.29 is 23.1 Å². The molecule has 1 amide bonds. The zero-order valence-corrected chi connectivity index (χ0v) is 10.8. The Morgan fingerprint density at radius 2 is 2.05 bits per heavy atom. The van der Waals surface area contributed by atoms with Gasteiger partial charge in [-0.3, -0.25) is 9.59 Å². The lowest BCUT2D eigenvalue weighted by Gasteiger charge is -2.04. The number of nitrogens with zero attached hydrogens (tertiary/aromatic N) is 1. The first kappa shape index (κ1) is 13.5. The van der Waals surface area contributed by atoms with Gasteiger partial charge in [-0.05, 0) is 18.6 Å². The van der Waals surface area contributed by atoms with Gasteiger partial charge < -0.3 is 10.4 Å². The highest BCUT2D eigenvalue weighted by atomic mass is 32.2. The molecule has 1 saturated carbocycles. The molecule has 0 radical (unpaired) electrons. The first-order valence-corrected chi connectivity index (χ1v) is 7.38. The Balaban J connectivity index is 2.01. The van der Waals surface area contributed by atoms with E-state index in [1.54, 1.807) is 0 Å². The van der Waals surface area contributed by atoms with Crippen molar-refractivity contribution in [3.8, 4) is 0 Å². The first-order valence-electron chi connectivity index (χ1n) is 5.49. The predicted octanol–water partition coefficient (Wildman–Crippen LogP) is 0.144. The monoisotopic (exact) mass is 284 g/mol. The van der Waals surface area contributed by atoms with Crippen LogP contribution in [0, 0.1) is 11.8 Å². The van der Waals surface area contributed by atoms with E-state index in [-0.39, 0.29) is 10.9 Å². The number of carboxylic acids is 1. The minimum Gasteiger partial charge on any atom is -0.481 e. The third-order valence-corrected chi connectivity index (χ3v) is 3.83. The number of aromatic nitrogens is 1. The summed E-state index contributed by atoms with van der Waals surface area (Å²) in [7, 11) is -3.37. The van der Waals surface area contributed by atoms with Gasteiger partial charge in [-0.25, -0.2) is 13.4 Å². The molecule has 1 aromatic heterocycles. The third-order valence-electron chi connectivity index (χ3n) is 2.83. The second kappa shape index (κ2) is 4.61. The molecular weight excluding hydrogens is 272 g/mol. The number of amides is 1. The molecule has 0 saturated heterocycles. The molecule has 1 aliphatic rings. The van der Waals surface area contributed by atoms with Crippen molar-refractivity contribution in [3.05, 3.63) is 18.3 Å². The summed E-state index contributed by atoms with van der Waals surface area (Å²) in [6.07, 6.45) is 2.59. The number of aliphatic carboxylic acids is 1. The second-order valence-electron chi connectivity index (χ2n) is 4.43. The molecule has 7 nitrogen and oxygen atoms in total. The van der Waals surface area contributed by atoms with Crippen LogP contribution in [0.25, 0.3) is 0 Å². The molecule has 0 spiro atoms. The van der Waals surface area contributed by atoms with Crippen molar-refractivity contribution in [1.29, 1.82) is 0 Å². The van der Waals surface area contributed by atoms with Gasteiger partial charge >= 0.3 is 5.97 Å². The standard InChI is InChI=1S/C11H12N2O5S/c1-19(17,18)9-3-2-6(5-12-9)13-10(14)7-4-8(7)11(15)16/h2-3,5,7-8H,4H2,1H3,(H,13,14)(H,15,16). The smallest absolute Gasteiger partial charge is 0.307 e. The van der Waals surface area contributed by atoms with E-state index in [9.17, 15) is 18.0 Å². The van der Waals surface area contributed by atoms with Crippen molar-refractivity contribution in [2.24, 2.45) is 11.8 Å². The molecule has 8 heteroatoms. The van der Waals surface area contributed by atoms with Crippen LogP contribution in [-0.4, -0.2) is 36.6 Å². The lowest BCUT2D eigenvalue weighted by molar-refractivity contribution is -0.139. The fourth-order valence-electron chi connectivity index (χ4n) is 1.67. The first-order chi connectivity index (χ1) is 8.79. The second-order valence-corrected chi connectivity index (χ2v) is 6.40. The van der Waals surface area contributed by atoms with Crippen molar-refractivity contribution in [3.63, 3.8) is 0 Å². The van der Waals surface area contributed by atoms with Crippen molar-refractivity contribution in [2.75, 3.05) is 11.6 Å². The molecule has 2 atom stereocenters. The van der Waals surface area contributed by atoms with Crippen LogP contribution < -0.4 is 5.32 Å². The molecule has 1 aliphatic carbocycles. The maximum absolute atomic E-state index is 11.7. The number of rotatable bonds is 4. The molecule has 2 rings (SSSR count). The lowest BCUT2D eigenvalue weighted by atomic mass is 10.3. The highest BCUT2D eigenvalue weighted by molar-refractivity contribution is 7.90. The molecule has 1 heterocycles. The normalized spacial score (nSPS) is 21.7. The van der Waals surface area contributed by atoms with Crippen LogP contribution in [0.4, 0.5) is 5.69 Å². The molecule has 1 aromatic rings. The minimum atomic E-state index is -3.37. The summed E-state index contributed by atoms with van der Waals surface area (Å²) in [6, 6.07) is 2.70. The van der Waals surface area contributed by atoms with Crippen LogP contribution >= 0.6 is 0 Å². The molecule has 2 unspecified atom stereocenters. The topological polar surface area (TPSA) is 113 Å². The summed E-state index contributed by atoms with van der Waals surface area (Å²) in [5, 5.41) is 11.1. The van der Waals surface area contributed by atoms with Crippen LogP contribution in [-0.2, 0) is 19.4 Å². The van der Waals surface area contributed by atoms with E-state index in [0.717, 1.165) is 6.26 Å². The Labute approximate surface area is 109 Å². The third kappa shape index (κ3) is 3.08. The summed E-state index contributed by atoms with van der Waals surface area (Å²) in [5.41, 5.74) is 0.341. The van der Waals surface area contributed by atoms with E-state index in [0.29, 0.717) is 12.1 Å². The molecule has 1 fully saturated rings. The Morgan fingerprint density at radius 1 is 1.37 bits per heavy atom. The Hall–Kier alpha value is -1.96. The van der Waals surface area contributed by atoms with Gasteiger partial charge in [0.25, 0.3) is 0 Å². The van der Waals surface area contributed by atoms with Gasteiger partial charge in [-0.2, -0.15) is 0 Å². The largest absolute Gasteiger partial charge is 0.481 e. The number of nitrogens with one attached hydrogen (secondary N) is 1. The number of pyridine rings is 1. The fourth-order valence-corrected chi connectivity index (χ4v) is 2.23. The number of sulfone groups is 1. The van der Waals surface area contributed by atoms with Gasteiger partial charge in [0.1, 0.15) is 0 Å². The maximum Gasteiger partial charge on any atom is 0.307 e. The zero-order valence-electron chi connectivity index (χ0n) is 10.0. The Kier molecular flexibility index (Phi) is 3.27. The van der Waals surface area contributed by atoms with Gasteiger partial charge in [0.2, 0.25) is 5.91 Å². The molecule has 0 aromatic carbocycles. The molecule has 102 valence electrons. The quantitative estimate of drug-likeness (QED) is 0.813. The molecule has 19 heavy (non-hydrogen) atoms. The average Bonchev–Trinajstić information content (AvgIpc) is 3.08. The van der Waals surface area contributed by atoms with Crippen LogP contribution in [0.2, 0.25) is 0 Å². The number of carboxylic acid groups (broad SMARTS) is 1. The molecule has 0 bridgehead atoms. The van der Waals surface area contributed by atoms with Crippen LogP contribution in [0.5, 0.6) is 0 Å². The van der Waals surface area contributed by atoms with Gasteiger partial charge in [-0.15, -0.1) is 0 Å². The zero-order chi connectivity index (χ0) is 14.2. The highest BCUT2D eigenvalue weighted by Crippen LogP contribution is 2.39. The van der Waals surface area contributed by atoms with E-state index in [1.165, 1.54) is 18.3 Å². The number of anilines is 1. The summed E-state index contributed by atoms with van der Waals surface area (Å²) < 4.78 is 22.4. The van der Waals surface area contributed by atoms with E-state index >= 15 is 0 Å². The molecular formula is C11H12N2O5S. The predicted molar refractivity (Wildman–Crippen MR) is 65.2 cm³/mol. The van der Waals surface area contributed by atoms with Crippen LogP contribution in [0.15, 0.2) is 23.4 Å². The molecule has 2 N–H and O–H groups in total. The summed E-state index contributed by atoms with van der Waals surface area (Å²) in [4.78, 5) is 26.0. The number of carbonyl (C=O) groups is 2. The van der Waals surface area contributed by atoms with Crippen LogP contribution in [0.3, 0.4) is 0 Å². The van der Waals surface area contributed by atoms with Crippen molar-refractivity contribution >= 4 is 27.4 Å². The van der Waals surface area contributed by atoms with E-state index in [2.05, 4.69) is 10.3 Å². The maximum atomic E-state index is 11.7. The number of hydrogen-bond donors (Lipinski definition) is 2. The summed E-state index contributed by atoms with van der Waals surface area (Å²) >= 11 is 0. The number of hydrogen-bond acceptors (Lipinski definition) is 5. The Morgan fingerprint density at radius 3 is 2.47 bits per heavy atom. The summed E-state index contributed by atoms with van der Waals surface area (Å²) in [6.45, 7) is 0. The van der Waals surface area contributed by atoms with Crippen molar-refractivity contribution in [2.45, 2.75) is 11.4 Å². The van der Waals surface area contributed by atoms with Crippen molar-refractivity contribution in [1.82, 2.24) is 4.98 Å². The fraction of sp³-hybridized carbons (Fsp3) is 0.364. The van der Waals surface area contributed by atoms with Gasteiger partial charge in [-0.1, -0.05) is 0 Å². The van der Waals surface area contributed by atoms with Gasteiger partial charge in [0, 0.05) is 6.26 Å². The van der Waals surface area contributed by atoms with E-state index in [4.69, 9.17) is 5.11 Å². The van der Waals surface area contributed by atoms with Crippen LogP contribution in [0.1, 0.15) is 6.42 Å². The summed E-state index contributed by atoms with van der Waals surface area (Å²) in [5.74, 6) is -2.51. The van der Waals surface area contributed by atoms with E-state index in [1.807, 2.05) is 0 Å². The minimum absolute atomic E-state index is 0.0830. The SMILES string of the molecule is CS(=O)(=O)c1ccc(NC(=O)C2CC2C(=O)O)cn1. The van der Waals surface area contributed by atoms with Gasteiger partial charge in [0.05, 0.1) is 23.7 Å². The molecule has 0 aliphatic heterocycles. The lowest BCUT2D eigenvalue weighted by Crippen LogP contribution is -2.17. The Bertz CT molecular complexity index is 623. The highest BCUT2D eigenvalue weighted by Gasteiger charge is 2.48. The average molecular weight is 284 g/mol.